The molecular weight excluding hydrogens is 268 g/mol. The number of carbonyl (C=O) groups excluding carboxylic acids is 2. The van der Waals surface area contributed by atoms with Crippen molar-refractivity contribution in [3.8, 4) is 11.8 Å². The molecule has 2 aliphatic rings. The van der Waals surface area contributed by atoms with Crippen LogP contribution in [0.25, 0.3) is 0 Å². The van der Waals surface area contributed by atoms with E-state index in [9.17, 15) is 9.59 Å². The first-order valence-electron chi connectivity index (χ1n) is 7.10. The fourth-order valence-corrected chi connectivity index (χ4v) is 3.22. The zero-order chi connectivity index (χ0) is 14.9. The average Bonchev–Trinajstić information content (AvgIpc) is 3.04. The molecule has 0 radical (unpaired) electrons. The van der Waals surface area contributed by atoms with E-state index in [1.807, 2.05) is 0 Å². The highest BCUT2D eigenvalue weighted by atomic mass is 16.2. The highest BCUT2D eigenvalue weighted by Crippen LogP contribution is 2.47. The second-order valence-corrected chi connectivity index (χ2v) is 5.54. The molecule has 1 aliphatic carbocycles. The zero-order valence-corrected chi connectivity index (χ0v) is 11.6. The second kappa shape index (κ2) is 5.30. The maximum atomic E-state index is 12.7. The summed E-state index contributed by atoms with van der Waals surface area (Å²) in [6, 6.07) is 5.04. The quantitative estimate of drug-likeness (QED) is 0.622. The first-order chi connectivity index (χ1) is 10.2. The van der Waals surface area contributed by atoms with Gasteiger partial charge in [-0.2, -0.15) is 0 Å². The molecule has 0 bridgehead atoms. The van der Waals surface area contributed by atoms with Gasteiger partial charge in [0, 0.05) is 6.42 Å². The van der Waals surface area contributed by atoms with Crippen molar-refractivity contribution in [2.45, 2.75) is 32.1 Å². The van der Waals surface area contributed by atoms with E-state index in [1.165, 1.54) is 4.90 Å². The smallest absolute Gasteiger partial charge is 0.241 e. The van der Waals surface area contributed by atoms with Gasteiger partial charge in [-0.05, 0) is 30.9 Å². The van der Waals surface area contributed by atoms with Gasteiger partial charge in [0.1, 0.15) is 18.1 Å². The lowest BCUT2D eigenvalue weighted by atomic mass is 9.84. The van der Waals surface area contributed by atoms with E-state index < -0.39 is 5.41 Å². The number of aliphatic hydroxyl groups is 1. The molecule has 1 N–H and O–H groups in total. The number of aromatic nitrogens is 1. The fourth-order valence-electron chi connectivity index (χ4n) is 3.22. The van der Waals surface area contributed by atoms with Crippen LogP contribution in [0.15, 0.2) is 18.2 Å². The highest BCUT2D eigenvalue weighted by molar-refractivity contribution is 6.22. The van der Waals surface area contributed by atoms with Crippen molar-refractivity contribution in [1.82, 2.24) is 4.98 Å². The zero-order valence-electron chi connectivity index (χ0n) is 11.6. The molecule has 1 saturated carbocycles. The second-order valence-electron chi connectivity index (χ2n) is 5.54. The van der Waals surface area contributed by atoms with Crippen molar-refractivity contribution < 1.29 is 14.7 Å². The Bertz CT molecular complexity index is 651. The SMILES string of the molecule is O=C1CC2(CCCC2)C(=O)N1c1cccc(C#CCO)n1. The molecule has 0 atom stereocenters. The number of anilines is 1. The first kappa shape index (κ1) is 13.8. The normalized spacial score (nSPS) is 20.0. The Hall–Kier alpha value is -2.19. The fraction of sp³-hybridized carbons (Fsp3) is 0.438. The third-order valence-electron chi connectivity index (χ3n) is 4.22. The summed E-state index contributed by atoms with van der Waals surface area (Å²) in [6.07, 6.45) is 3.88. The number of aliphatic hydroxyl groups excluding tert-OH is 1. The number of amides is 2. The minimum absolute atomic E-state index is 0.121. The van der Waals surface area contributed by atoms with Gasteiger partial charge in [0.15, 0.2) is 0 Å². The summed E-state index contributed by atoms with van der Waals surface area (Å²) in [6.45, 7) is -0.253. The van der Waals surface area contributed by atoms with Gasteiger partial charge >= 0.3 is 0 Å². The van der Waals surface area contributed by atoms with Crippen molar-refractivity contribution in [3.63, 3.8) is 0 Å². The molecule has 1 aromatic rings. The van der Waals surface area contributed by atoms with E-state index in [1.54, 1.807) is 18.2 Å². The molecule has 2 heterocycles. The standard InChI is InChI=1S/C16H16N2O3/c19-10-4-6-12-5-3-7-13(17-12)18-14(20)11-16(15(18)21)8-1-2-9-16/h3,5,7,19H,1-2,8-11H2. The van der Waals surface area contributed by atoms with Crippen molar-refractivity contribution in [2.75, 3.05) is 11.5 Å². The third-order valence-corrected chi connectivity index (χ3v) is 4.22. The topological polar surface area (TPSA) is 70.5 Å². The Labute approximate surface area is 123 Å². The van der Waals surface area contributed by atoms with Gasteiger partial charge < -0.3 is 5.11 Å². The Kier molecular flexibility index (Phi) is 3.48. The van der Waals surface area contributed by atoms with Gasteiger partial charge in [-0.15, -0.1) is 0 Å². The summed E-state index contributed by atoms with van der Waals surface area (Å²) < 4.78 is 0. The summed E-state index contributed by atoms with van der Waals surface area (Å²) in [5, 5.41) is 8.71. The predicted octanol–water partition coefficient (Wildman–Crippen LogP) is 1.25. The molecule has 5 heteroatoms. The van der Waals surface area contributed by atoms with Crippen LogP contribution in [0.1, 0.15) is 37.8 Å². The maximum absolute atomic E-state index is 12.7. The van der Waals surface area contributed by atoms with Gasteiger partial charge in [-0.25, -0.2) is 9.88 Å². The van der Waals surface area contributed by atoms with Crippen molar-refractivity contribution in [1.29, 1.82) is 0 Å². The summed E-state index contributed by atoms with van der Waals surface area (Å²) in [4.78, 5) is 30.4. The molecular formula is C16H16N2O3. The molecule has 0 aromatic carbocycles. The van der Waals surface area contributed by atoms with Crippen LogP contribution in [0.5, 0.6) is 0 Å². The first-order valence-corrected chi connectivity index (χ1v) is 7.10. The van der Waals surface area contributed by atoms with Crippen LogP contribution >= 0.6 is 0 Å². The number of pyridine rings is 1. The van der Waals surface area contributed by atoms with E-state index >= 15 is 0 Å². The minimum Gasteiger partial charge on any atom is -0.384 e. The van der Waals surface area contributed by atoms with Crippen LogP contribution in [-0.4, -0.2) is 28.5 Å². The third kappa shape index (κ3) is 2.32. The molecule has 2 amide bonds. The molecule has 21 heavy (non-hydrogen) atoms. The largest absolute Gasteiger partial charge is 0.384 e. The molecule has 1 saturated heterocycles. The lowest BCUT2D eigenvalue weighted by Gasteiger charge is -2.20. The van der Waals surface area contributed by atoms with Gasteiger partial charge in [0.25, 0.3) is 0 Å². The lowest BCUT2D eigenvalue weighted by molar-refractivity contribution is -0.125. The highest BCUT2D eigenvalue weighted by Gasteiger charge is 2.53. The summed E-state index contributed by atoms with van der Waals surface area (Å²) in [7, 11) is 0. The van der Waals surface area contributed by atoms with E-state index in [0.29, 0.717) is 17.9 Å². The number of carbonyl (C=O) groups is 2. The average molecular weight is 284 g/mol. The van der Waals surface area contributed by atoms with E-state index in [-0.39, 0.29) is 18.4 Å². The minimum atomic E-state index is -0.494. The predicted molar refractivity (Wildman–Crippen MR) is 76.2 cm³/mol. The van der Waals surface area contributed by atoms with Crippen LogP contribution in [0.3, 0.4) is 0 Å². The molecule has 5 nitrogen and oxygen atoms in total. The molecule has 3 rings (SSSR count). The Balaban J connectivity index is 1.93. The van der Waals surface area contributed by atoms with Crippen LogP contribution in [0.4, 0.5) is 5.82 Å². The molecule has 2 fully saturated rings. The summed E-state index contributed by atoms with van der Waals surface area (Å²) in [5.41, 5.74) is -0.0551. The van der Waals surface area contributed by atoms with Crippen LogP contribution in [0.2, 0.25) is 0 Å². The molecule has 1 aliphatic heterocycles. The summed E-state index contributed by atoms with van der Waals surface area (Å²) in [5.74, 6) is 5.23. The lowest BCUT2D eigenvalue weighted by Crippen LogP contribution is -2.35. The molecule has 0 unspecified atom stereocenters. The van der Waals surface area contributed by atoms with E-state index in [2.05, 4.69) is 16.8 Å². The van der Waals surface area contributed by atoms with Gasteiger partial charge in [-0.1, -0.05) is 24.8 Å². The maximum Gasteiger partial charge on any atom is 0.241 e. The van der Waals surface area contributed by atoms with Crippen LogP contribution in [0, 0.1) is 17.3 Å². The van der Waals surface area contributed by atoms with Gasteiger partial charge in [-0.3, -0.25) is 9.59 Å². The van der Waals surface area contributed by atoms with Crippen LogP contribution in [-0.2, 0) is 9.59 Å². The van der Waals surface area contributed by atoms with Crippen molar-refractivity contribution >= 4 is 17.6 Å². The Morgan fingerprint density at radius 3 is 2.76 bits per heavy atom. The number of nitrogens with zero attached hydrogens (tertiary/aromatic N) is 2. The number of imide groups is 1. The van der Waals surface area contributed by atoms with Crippen molar-refractivity contribution in [2.24, 2.45) is 5.41 Å². The number of hydrogen-bond donors (Lipinski definition) is 1. The summed E-state index contributed by atoms with van der Waals surface area (Å²) >= 11 is 0. The molecule has 1 aromatic heterocycles. The monoisotopic (exact) mass is 284 g/mol. The number of hydrogen-bond acceptors (Lipinski definition) is 4. The Morgan fingerprint density at radius 2 is 2.05 bits per heavy atom. The van der Waals surface area contributed by atoms with Crippen LogP contribution < -0.4 is 4.90 Å². The number of rotatable bonds is 1. The van der Waals surface area contributed by atoms with Gasteiger partial charge in [0.2, 0.25) is 11.8 Å². The molecule has 1 spiro atoms. The van der Waals surface area contributed by atoms with Crippen molar-refractivity contribution in [3.05, 3.63) is 23.9 Å². The van der Waals surface area contributed by atoms with E-state index in [0.717, 1.165) is 25.7 Å². The van der Waals surface area contributed by atoms with E-state index in [4.69, 9.17) is 5.11 Å². The van der Waals surface area contributed by atoms with Gasteiger partial charge in [0.05, 0.1) is 5.41 Å². The Morgan fingerprint density at radius 1 is 1.29 bits per heavy atom. The molecule has 108 valence electrons.